The molecule has 0 fully saturated rings. The maximum atomic E-state index is 13.4. The first-order valence-corrected chi connectivity index (χ1v) is 21.5. The van der Waals surface area contributed by atoms with Crippen LogP contribution in [0.25, 0.3) is 22.4 Å². The molecule has 3 amide bonds. The van der Waals surface area contributed by atoms with Crippen molar-refractivity contribution >= 4 is 35.0 Å². The molecule has 3 unspecified atom stereocenters. The summed E-state index contributed by atoms with van der Waals surface area (Å²) >= 11 is 7.05. The van der Waals surface area contributed by atoms with Crippen molar-refractivity contribution < 1.29 is 24.2 Å². The summed E-state index contributed by atoms with van der Waals surface area (Å²) in [5, 5.41) is 16.6. The van der Waals surface area contributed by atoms with Crippen LogP contribution in [0.1, 0.15) is 117 Å². The molecule has 0 bridgehead atoms. The van der Waals surface area contributed by atoms with E-state index in [1.165, 1.54) is 35.1 Å². The number of methoxy groups -OCH3 is 1. The van der Waals surface area contributed by atoms with Gasteiger partial charge in [-0.05, 0) is 93.0 Å². The Labute approximate surface area is 357 Å². The van der Waals surface area contributed by atoms with E-state index in [0.29, 0.717) is 28.3 Å². The van der Waals surface area contributed by atoms with Gasteiger partial charge < -0.3 is 25.4 Å². The van der Waals surface area contributed by atoms with Gasteiger partial charge in [-0.25, -0.2) is 4.98 Å². The Balaban J connectivity index is 0.000000383. The first kappa shape index (κ1) is 47.0. The van der Waals surface area contributed by atoms with Crippen LogP contribution in [0.2, 0.25) is 5.02 Å². The summed E-state index contributed by atoms with van der Waals surface area (Å²) in [6, 6.07) is 13.5. The Morgan fingerprint density at radius 1 is 1.07 bits per heavy atom. The molecule has 1 aliphatic carbocycles. The number of hydrogen-bond acceptors (Lipinski definition) is 7. The number of aliphatic hydroxyl groups is 1. The van der Waals surface area contributed by atoms with Crippen LogP contribution in [0.5, 0.6) is 5.88 Å². The van der Waals surface area contributed by atoms with Crippen molar-refractivity contribution in [3.63, 3.8) is 0 Å². The zero-order valence-electron chi connectivity index (χ0n) is 37.1. The number of benzene rings is 2. The van der Waals surface area contributed by atoms with Crippen LogP contribution in [0.15, 0.2) is 66.6 Å². The number of carbonyl (C=O) groups excluding carboxylic acids is 3. The predicted molar refractivity (Wildman–Crippen MR) is 240 cm³/mol. The fraction of sp³-hybridized carbons (Fsp3) is 0.500. The van der Waals surface area contributed by atoms with Gasteiger partial charge in [-0.2, -0.15) is 0 Å². The van der Waals surface area contributed by atoms with Gasteiger partial charge in [-0.15, -0.1) is 0 Å². The van der Waals surface area contributed by atoms with Gasteiger partial charge >= 0.3 is 0 Å². The Kier molecular flexibility index (Phi) is 16.4. The van der Waals surface area contributed by atoms with E-state index in [2.05, 4.69) is 57.9 Å². The van der Waals surface area contributed by atoms with Crippen molar-refractivity contribution in [3.8, 4) is 28.3 Å². The lowest BCUT2D eigenvalue weighted by Gasteiger charge is -2.35. The standard InChI is InChI=1S/C33H35ClN4O4.C15H31NO/c1-18-13-14-22-15-28(36-32(42-6)29(18)22)25-11-7-10-24(30(25)34)23-9-8-12-27(20(23)3)35-31(40)26-17-38(16-19(2)39)21(4)37(5)33(26)41;1-7-13(6)10-11-15(8-2,9-3)16-14(17)12(4)5/h7-12,15,17-19,39H,4,13-14,16H2,1-3,5-6H3,(H,35,40);12-13H,7-11H2,1-6H3,(H,16,17). The van der Waals surface area contributed by atoms with Gasteiger partial charge in [-0.1, -0.05) is 103 Å². The number of halogens is 1. The molecule has 3 atom stereocenters. The maximum Gasteiger partial charge on any atom is 0.266 e. The van der Waals surface area contributed by atoms with Crippen LogP contribution >= 0.6 is 11.6 Å². The van der Waals surface area contributed by atoms with E-state index in [1.54, 1.807) is 32.0 Å². The quantitative estimate of drug-likeness (QED) is 0.130. The monoisotopic (exact) mass is 827 g/mol. The fourth-order valence-electron chi connectivity index (χ4n) is 7.67. The molecule has 5 rings (SSSR count). The highest BCUT2D eigenvalue weighted by atomic mass is 35.5. The third kappa shape index (κ3) is 10.9. The zero-order valence-corrected chi connectivity index (χ0v) is 37.8. The lowest BCUT2D eigenvalue weighted by Crippen LogP contribution is -2.49. The van der Waals surface area contributed by atoms with E-state index in [9.17, 15) is 19.5 Å². The van der Waals surface area contributed by atoms with Gasteiger partial charge in [0, 0.05) is 53.6 Å². The molecule has 2 aliphatic rings. The molecule has 3 N–H and O–H groups in total. The number of nitrogens with zero attached hydrogens (tertiary/aromatic N) is 3. The molecule has 59 heavy (non-hydrogen) atoms. The van der Waals surface area contributed by atoms with E-state index < -0.39 is 17.9 Å². The maximum absolute atomic E-state index is 13.4. The van der Waals surface area contributed by atoms with Crippen LogP contribution in [-0.4, -0.2) is 70.0 Å². The average molecular weight is 829 g/mol. The first-order chi connectivity index (χ1) is 27.9. The smallest absolute Gasteiger partial charge is 0.266 e. The van der Waals surface area contributed by atoms with E-state index >= 15 is 0 Å². The van der Waals surface area contributed by atoms with E-state index in [1.807, 2.05) is 51.1 Å². The SMILES string of the molecule is C=C1N(CC(C)O)C=C(C(=O)Nc2cccc(-c3cccc(-c4cc5c(c(OC)n4)C(C)CC5)c3Cl)c2C)C(=O)N1C.CCC(C)CCC(CC)(CC)NC(=O)C(C)C. The number of aryl methyl sites for hydroxylation is 1. The van der Waals surface area contributed by atoms with Gasteiger partial charge in [0.05, 0.1) is 23.9 Å². The molecule has 320 valence electrons. The molecule has 0 saturated carbocycles. The van der Waals surface area contributed by atoms with Crippen LogP contribution < -0.4 is 15.4 Å². The molecule has 10 nitrogen and oxygen atoms in total. The number of carbonyl (C=O) groups is 3. The first-order valence-electron chi connectivity index (χ1n) is 21.2. The summed E-state index contributed by atoms with van der Waals surface area (Å²) in [6.07, 6.45) is 8.38. The molecule has 1 aromatic heterocycles. The number of rotatable bonds is 15. The van der Waals surface area contributed by atoms with Gasteiger partial charge in [0.15, 0.2) is 0 Å². The highest BCUT2D eigenvalue weighted by molar-refractivity contribution is 6.36. The van der Waals surface area contributed by atoms with Crippen LogP contribution in [0.4, 0.5) is 5.69 Å². The molecule has 2 heterocycles. The number of likely N-dealkylation sites (N-methyl/N-ethyl adjacent to an activating group) is 1. The summed E-state index contributed by atoms with van der Waals surface area (Å²) in [6.45, 7) is 22.6. The second-order valence-corrected chi connectivity index (χ2v) is 17.0. The minimum atomic E-state index is -0.681. The second-order valence-electron chi connectivity index (χ2n) is 16.6. The molecule has 2 aromatic carbocycles. The topological polar surface area (TPSA) is 124 Å². The Morgan fingerprint density at radius 3 is 2.32 bits per heavy atom. The Hall–Kier alpha value is -4.67. The van der Waals surface area contributed by atoms with Crippen LogP contribution in [-0.2, 0) is 20.8 Å². The number of hydrogen-bond donors (Lipinski definition) is 3. The number of amides is 3. The highest BCUT2D eigenvalue weighted by Gasteiger charge is 2.32. The zero-order chi connectivity index (χ0) is 43.8. The van der Waals surface area contributed by atoms with E-state index in [-0.39, 0.29) is 29.5 Å². The molecule has 0 radical (unpaired) electrons. The van der Waals surface area contributed by atoms with Gasteiger partial charge in [0.1, 0.15) is 11.4 Å². The summed E-state index contributed by atoms with van der Waals surface area (Å²) in [4.78, 5) is 45.9. The highest BCUT2D eigenvalue weighted by Crippen LogP contribution is 2.43. The molecule has 0 saturated heterocycles. The van der Waals surface area contributed by atoms with Crippen LogP contribution in [0, 0.1) is 18.8 Å². The number of nitrogens with one attached hydrogen (secondary N) is 2. The largest absolute Gasteiger partial charge is 0.481 e. The van der Waals surface area contributed by atoms with E-state index in [4.69, 9.17) is 21.3 Å². The minimum Gasteiger partial charge on any atom is -0.481 e. The summed E-state index contributed by atoms with van der Waals surface area (Å²) in [7, 11) is 3.20. The number of β-amino-alcohol motifs (C(OH)–C–C–N with tert-alkyl or cyclic N) is 1. The van der Waals surface area contributed by atoms with Gasteiger partial charge in [0.25, 0.3) is 11.8 Å². The Bertz CT molecular complexity index is 2040. The third-order valence-corrected chi connectivity index (χ3v) is 12.5. The number of ether oxygens (including phenoxy) is 1. The number of pyridine rings is 1. The minimum absolute atomic E-state index is 0.0186. The van der Waals surface area contributed by atoms with E-state index in [0.717, 1.165) is 66.0 Å². The summed E-state index contributed by atoms with van der Waals surface area (Å²) in [5.74, 6) is 1.42. The van der Waals surface area contributed by atoms with Crippen molar-refractivity contribution in [3.05, 3.63) is 88.4 Å². The lowest BCUT2D eigenvalue weighted by molar-refractivity contribution is -0.129. The molecule has 3 aromatic rings. The van der Waals surface area contributed by atoms with Gasteiger partial charge in [-0.3, -0.25) is 19.3 Å². The third-order valence-electron chi connectivity index (χ3n) is 12.1. The van der Waals surface area contributed by atoms with Crippen molar-refractivity contribution in [2.24, 2.45) is 11.8 Å². The predicted octanol–water partition coefficient (Wildman–Crippen LogP) is 10.0. The number of fused-ring (bicyclic) bond motifs is 1. The number of aromatic nitrogens is 1. The van der Waals surface area contributed by atoms with Crippen molar-refractivity contribution in [1.82, 2.24) is 20.1 Å². The second kappa shape index (κ2) is 20.5. The van der Waals surface area contributed by atoms with Crippen molar-refractivity contribution in [2.75, 3.05) is 26.0 Å². The lowest BCUT2D eigenvalue weighted by atomic mass is 9.84. The molecular formula is C48H66ClN5O5. The molecule has 11 heteroatoms. The van der Waals surface area contributed by atoms with Crippen molar-refractivity contribution in [1.29, 1.82) is 0 Å². The van der Waals surface area contributed by atoms with Crippen LogP contribution in [0.3, 0.4) is 0 Å². The molecular weight excluding hydrogens is 762 g/mol. The number of anilines is 1. The summed E-state index contributed by atoms with van der Waals surface area (Å²) < 4.78 is 5.67. The average Bonchev–Trinajstić information content (AvgIpc) is 3.60. The molecule has 1 aliphatic heterocycles. The Morgan fingerprint density at radius 2 is 1.71 bits per heavy atom. The van der Waals surface area contributed by atoms with Crippen molar-refractivity contribution in [2.45, 2.75) is 125 Å². The summed E-state index contributed by atoms with van der Waals surface area (Å²) in [5.41, 5.74) is 6.90. The fourth-order valence-corrected chi connectivity index (χ4v) is 7.99. The van der Waals surface area contributed by atoms with Gasteiger partial charge in [0.2, 0.25) is 11.8 Å². The molecule has 0 spiro atoms. The number of aliphatic hydroxyl groups excluding tert-OH is 1. The normalized spacial score (nSPS) is 16.2.